The second-order valence-corrected chi connectivity index (χ2v) is 7.73. The van der Waals surface area contributed by atoms with Crippen LogP contribution < -0.4 is 0 Å². The van der Waals surface area contributed by atoms with Crippen molar-refractivity contribution in [2.24, 2.45) is 0 Å². The first-order chi connectivity index (χ1) is 8.82. The molecule has 0 aromatic carbocycles. The Bertz CT molecular complexity index is 412. The molecule has 2 fully saturated rings. The highest BCUT2D eigenvalue weighted by atomic mass is 32.2. The first-order valence-electron chi connectivity index (χ1n) is 6.73. The van der Waals surface area contributed by atoms with Crippen molar-refractivity contribution in [3.05, 3.63) is 0 Å². The van der Waals surface area contributed by atoms with Gasteiger partial charge in [0.25, 0.3) is 0 Å². The lowest BCUT2D eigenvalue weighted by Crippen LogP contribution is -2.60. The zero-order valence-corrected chi connectivity index (χ0v) is 12.8. The number of sulfonamides is 1. The van der Waals surface area contributed by atoms with Crippen molar-refractivity contribution >= 4 is 10.0 Å². The molecule has 0 aliphatic carbocycles. The molecular weight excluding hydrogens is 268 g/mol. The summed E-state index contributed by atoms with van der Waals surface area (Å²) >= 11 is 0. The second-order valence-electron chi connectivity index (χ2n) is 5.74. The molecule has 112 valence electrons. The van der Waals surface area contributed by atoms with Crippen molar-refractivity contribution in [2.75, 3.05) is 52.3 Å². The van der Waals surface area contributed by atoms with Gasteiger partial charge in [0, 0.05) is 32.2 Å². The van der Waals surface area contributed by atoms with Crippen LogP contribution in [-0.2, 0) is 19.5 Å². The molecule has 2 aliphatic heterocycles. The number of hydrogen-bond donors (Lipinski definition) is 0. The summed E-state index contributed by atoms with van der Waals surface area (Å²) in [5.74, 6) is 0. The number of rotatable bonds is 2. The molecule has 1 atom stereocenters. The molecule has 0 aromatic rings. The Labute approximate surface area is 115 Å². The van der Waals surface area contributed by atoms with Crippen LogP contribution in [0, 0.1) is 0 Å². The van der Waals surface area contributed by atoms with Gasteiger partial charge in [-0.1, -0.05) is 0 Å². The molecule has 1 spiro atoms. The number of morpholine rings is 1. The van der Waals surface area contributed by atoms with Crippen LogP contribution in [0.2, 0.25) is 0 Å². The molecule has 0 radical (unpaired) electrons. The van der Waals surface area contributed by atoms with Gasteiger partial charge in [0.15, 0.2) is 0 Å². The van der Waals surface area contributed by atoms with Crippen molar-refractivity contribution in [2.45, 2.75) is 25.5 Å². The summed E-state index contributed by atoms with van der Waals surface area (Å²) in [5, 5.41) is 0. The van der Waals surface area contributed by atoms with Crippen molar-refractivity contribution in [3.8, 4) is 0 Å². The van der Waals surface area contributed by atoms with Crippen molar-refractivity contribution in [3.63, 3.8) is 0 Å². The molecule has 2 heterocycles. The first-order valence-corrected chi connectivity index (χ1v) is 8.58. The third-order valence-electron chi connectivity index (χ3n) is 3.79. The Balaban J connectivity index is 2.15. The number of ether oxygens (including phenoxy) is 2. The van der Waals surface area contributed by atoms with Gasteiger partial charge in [-0.25, -0.2) is 8.42 Å². The molecule has 0 saturated carbocycles. The van der Waals surface area contributed by atoms with Gasteiger partial charge in [-0.3, -0.25) is 4.90 Å². The summed E-state index contributed by atoms with van der Waals surface area (Å²) in [6, 6.07) is 0.399. The highest BCUT2D eigenvalue weighted by molar-refractivity contribution is 7.88. The van der Waals surface area contributed by atoms with E-state index in [9.17, 15) is 8.42 Å². The Hall–Kier alpha value is -0.210. The van der Waals surface area contributed by atoms with Crippen LogP contribution in [0.1, 0.15) is 13.8 Å². The highest BCUT2D eigenvalue weighted by Gasteiger charge is 2.42. The van der Waals surface area contributed by atoms with E-state index in [1.165, 1.54) is 10.6 Å². The molecular formula is C12H24N2O4S. The maximum absolute atomic E-state index is 11.7. The Morgan fingerprint density at radius 1 is 1.16 bits per heavy atom. The molecule has 0 N–H and O–H groups in total. The van der Waals surface area contributed by atoms with E-state index < -0.39 is 15.6 Å². The summed E-state index contributed by atoms with van der Waals surface area (Å²) < 4.78 is 36.5. The zero-order chi connectivity index (χ0) is 14.1. The largest absolute Gasteiger partial charge is 0.377 e. The van der Waals surface area contributed by atoms with Crippen molar-refractivity contribution in [1.29, 1.82) is 0 Å². The van der Waals surface area contributed by atoms with E-state index in [1.807, 2.05) is 0 Å². The summed E-state index contributed by atoms with van der Waals surface area (Å²) in [7, 11) is -3.17. The van der Waals surface area contributed by atoms with E-state index >= 15 is 0 Å². The zero-order valence-electron chi connectivity index (χ0n) is 12.0. The van der Waals surface area contributed by atoms with Crippen LogP contribution in [-0.4, -0.2) is 81.5 Å². The van der Waals surface area contributed by atoms with Crippen molar-refractivity contribution in [1.82, 2.24) is 9.21 Å². The van der Waals surface area contributed by atoms with Crippen LogP contribution in [0.15, 0.2) is 0 Å². The third-order valence-corrected chi connectivity index (χ3v) is 5.04. The van der Waals surface area contributed by atoms with Crippen molar-refractivity contribution < 1.29 is 17.9 Å². The van der Waals surface area contributed by atoms with Gasteiger partial charge in [0.2, 0.25) is 10.0 Å². The Kier molecular flexibility index (Phi) is 4.52. The summed E-state index contributed by atoms with van der Waals surface area (Å²) in [6.45, 7) is 8.23. The average Bonchev–Trinajstić information content (AvgIpc) is 2.51. The maximum Gasteiger partial charge on any atom is 0.211 e. The second kappa shape index (κ2) is 5.65. The fourth-order valence-electron chi connectivity index (χ4n) is 2.65. The van der Waals surface area contributed by atoms with Crippen LogP contribution in [0.5, 0.6) is 0 Å². The van der Waals surface area contributed by atoms with Gasteiger partial charge >= 0.3 is 0 Å². The molecule has 0 amide bonds. The van der Waals surface area contributed by atoms with Crippen LogP contribution in [0.3, 0.4) is 0 Å². The normalized spacial score (nSPS) is 31.8. The van der Waals surface area contributed by atoms with Gasteiger partial charge in [-0.2, -0.15) is 4.31 Å². The first kappa shape index (κ1) is 15.2. The summed E-state index contributed by atoms with van der Waals surface area (Å²) in [6.07, 6.45) is 1.25. The molecule has 6 nitrogen and oxygen atoms in total. The highest BCUT2D eigenvalue weighted by Crippen LogP contribution is 2.24. The smallest absolute Gasteiger partial charge is 0.211 e. The van der Waals surface area contributed by atoms with Crippen LogP contribution >= 0.6 is 0 Å². The third kappa shape index (κ3) is 3.66. The van der Waals surface area contributed by atoms with Gasteiger partial charge in [0.1, 0.15) is 5.60 Å². The van der Waals surface area contributed by atoms with Crippen LogP contribution in [0.25, 0.3) is 0 Å². The maximum atomic E-state index is 11.7. The van der Waals surface area contributed by atoms with Gasteiger partial charge < -0.3 is 9.47 Å². The van der Waals surface area contributed by atoms with Crippen LogP contribution in [0.4, 0.5) is 0 Å². The summed E-state index contributed by atoms with van der Waals surface area (Å²) in [5.41, 5.74) is -0.526. The molecule has 19 heavy (non-hydrogen) atoms. The predicted molar refractivity (Wildman–Crippen MR) is 72.6 cm³/mol. The van der Waals surface area contributed by atoms with E-state index in [0.29, 0.717) is 39.0 Å². The lowest BCUT2D eigenvalue weighted by Gasteiger charge is -2.43. The number of hydrogen-bond acceptors (Lipinski definition) is 5. The standard InChI is InChI=1S/C12H24N2O4S/c1-11(2)13-4-6-17-10-12(8-13)9-14(5-7-18-12)19(3,15)16/h11H,4-10H2,1-3H3. The minimum atomic E-state index is -3.17. The quantitative estimate of drug-likeness (QED) is 0.703. The van der Waals surface area contributed by atoms with E-state index in [2.05, 4.69) is 18.7 Å². The molecule has 2 aliphatic rings. The Morgan fingerprint density at radius 3 is 2.53 bits per heavy atom. The average molecular weight is 292 g/mol. The molecule has 2 rings (SSSR count). The molecule has 1 unspecified atom stereocenters. The molecule has 7 heteroatoms. The molecule has 0 bridgehead atoms. The van der Waals surface area contributed by atoms with E-state index in [1.54, 1.807) is 0 Å². The van der Waals surface area contributed by atoms with Gasteiger partial charge in [-0.05, 0) is 13.8 Å². The lowest BCUT2D eigenvalue weighted by atomic mass is 10.0. The monoisotopic (exact) mass is 292 g/mol. The van der Waals surface area contributed by atoms with E-state index in [-0.39, 0.29) is 0 Å². The fourth-order valence-corrected chi connectivity index (χ4v) is 3.53. The fraction of sp³-hybridized carbons (Fsp3) is 1.00. The minimum absolute atomic E-state index is 0.384. The number of nitrogens with zero attached hydrogens (tertiary/aromatic N) is 2. The predicted octanol–water partition coefficient (Wildman–Crippen LogP) is -0.242. The minimum Gasteiger partial charge on any atom is -0.377 e. The van der Waals surface area contributed by atoms with E-state index in [4.69, 9.17) is 9.47 Å². The van der Waals surface area contributed by atoms with E-state index in [0.717, 1.165) is 13.1 Å². The van der Waals surface area contributed by atoms with Gasteiger partial charge in [-0.15, -0.1) is 0 Å². The van der Waals surface area contributed by atoms with Gasteiger partial charge in [0.05, 0.1) is 26.1 Å². The lowest BCUT2D eigenvalue weighted by molar-refractivity contribution is -0.127. The SMILES string of the molecule is CC(C)N1CCOCC2(C1)CN(S(C)(=O)=O)CCO2. The molecule has 2 saturated heterocycles. The topological polar surface area (TPSA) is 59.1 Å². The Morgan fingerprint density at radius 2 is 1.89 bits per heavy atom. The molecule has 0 aromatic heterocycles. The summed E-state index contributed by atoms with van der Waals surface area (Å²) in [4.78, 5) is 2.29.